The van der Waals surface area contributed by atoms with Crippen LogP contribution in [0.15, 0.2) is 5.38 Å². The van der Waals surface area contributed by atoms with E-state index in [2.05, 4.69) is 10.3 Å². The predicted octanol–water partition coefficient (Wildman–Crippen LogP) is 1.31. The van der Waals surface area contributed by atoms with E-state index in [0.29, 0.717) is 11.6 Å². The number of nitrogens with zero attached hydrogens (tertiary/aromatic N) is 1. The normalized spacial score (nSPS) is 13.6. The monoisotopic (exact) mass is 299 g/mol. The molecule has 0 spiro atoms. The summed E-state index contributed by atoms with van der Waals surface area (Å²) in [6, 6.07) is -0.524. The molecule has 0 fully saturated rings. The third-order valence-corrected chi connectivity index (χ3v) is 3.86. The highest BCUT2D eigenvalue weighted by Crippen LogP contribution is 2.11. The topological polar surface area (TPSA) is 94.3 Å². The summed E-state index contributed by atoms with van der Waals surface area (Å²) in [5, 5.41) is 5.00. The lowest BCUT2D eigenvalue weighted by molar-refractivity contribution is -0.123. The Morgan fingerprint density at radius 3 is 2.80 bits per heavy atom. The van der Waals surface area contributed by atoms with Crippen LogP contribution in [0, 0.1) is 5.92 Å². The van der Waals surface area contributed by atoms with Gasteiger partial charge in [0.25, 0.3) is 0 Å². The van der Waals surface area contributed by atoms with Crippen molar-refractivity contribution >= 4 is 23.2 Å². The quantitative estimate of drug-likeness (QED) is 0.740. The third-order valence-electron chi connectivity index (χ3n) is 3.01. The number of carbonyl (C=O) groups excluding carboxylic acids is 2. The molecule has 0 aliphatic heterocycles. The average molecular weight is 299 g/mol. The van der Waals surface area contributed by atoms with Crippen LogP contribution in [0.2, 0.25) is 0 Å². The van der Waals surface area contributed by atoms with Crippen molar-refractivity contribution in [2.75, 3.05) is 6.61 Å². The smallest absolute Gasteiger partial charge is 0.357 e. The van der Waals surface area contributed by atoms with Crippen molar-refractivity contribution in [1.29, 1.82) is 0 Å². The Bertz CT molecular complexity index is 461. The van der Waals surface area contributed by atoms with E-state index >= 15 is 0 Å². The van der Waals surface area contributed by atoms with Crippen LogP contribution in [-0.2, 0) is 16.1 Å². The minimum Gasteiger partial charge on any atom is -0.461 e. The van der Waals surface area contributed by atoms with Gasteiger partial charge in [-0.25, -0.2) is 9.78 Å². The standard InChI is InChI=1S/C13H21N3O3S/c1-4-8(3)11(14)12(17)15-6-10-16-9(7-20-10)13(18)19-5-2/h7-8,11H,4-6,14H2,1-3H3,(H,15,17). The van der Waals surface area contributed by atoms with Gasteiger partial charge in [-0.05, 0) is 12.8 Å². The van der Waals surface area contributed by atoms with E-state index < -0.39 is 12.0 Å². The molecule has 1 heterocycles. The third kappa shape index (κ3) is 4.57. The van der Waals surface area contributed by atoms with Gasteiger partial charge in [0, 0.05) is 5.38 Å². The Kier molecular flexibility index (Phi) is 6.60. The summed E-state index contributed by atoms with van der Waals surface area (Å²) in [4.78, 5) is 27.4. The van der Waals surface area contributed by atoms with E-state index in [9.17, 15) is 9.59 Å². The Hall–Kier alpha value is -1.47. The summed E-state index contributed by atoms with van der Waals surface area (Å²) in [7, 11) is 0. The second kappa shape index (κ2) is 7.96. The second-order valence-electron chi connectivity index (χ2n) is 4.48. The second-order valence-corrected chi connectivity index (χ2v) is 5.42. The molecule has 1 rings (SSSR count). The number of esters is 1. The van der Waals surface area contributed by atoms with E-state index in [0.717, 1.165) is 6.42 Å². The molecule has 0 radical (unpaired) electrons. The van der Waals surface area contributed by atoms with Crippen LogP contribution in [0.4, 0.5) is 0 Å². The fourth-order valence-electron chi connectivity index (χ4n) is 1.48. The van der Waals surface area contributed by atoms with Crippen molar-refractivity contribution in [3.8, 4) is 0 Å². The molecular weight excluding hydrogens is 278 g/mol. The number of hydrogen-bond donors (Lipinski definition) is 2. The predicted molar refractivity (Wildman–Crippen MR) is 77.3 cm³/mol. The van der Waals surface area contributed by atoms with Crippen molar-refractivity contribution < 1.29 is 14.3 Å². The lowest BCUT2D eigenvalue weighted by Gasteiger charge is -2.17. The van der Waals surface area contributed by atoms with E-state index in [1.165, 1.54) is 11.3 Å². The summed E-state index contributed by atoms with van der Waals surface area (Å²) in [5.41, 5.74) is 6.10. The molecule has 0 aliphatic rings. The maximum atomic E-state index is 11.8. The number of amides is 1. The molecule has 0 aromatic carbocycles. The van der Waals surface area contributed by atoms with Gasteiger partial charge < -0.3 is 15.8 Å². The number of thiazole rings is 1. The molecule has 0 saturated heterocycles. The molecule has 1 aromatic rings. The van der Waals surface area contributed by atoms with E-state index in [4.69, 9.17) is 10.5 Å². The van der Waals surface area contributed by atoms with Gasteiger partial charge in [-0.15, -0.1) is 11.3 Å². The molecule has 7 heteroatoms. The highest BCUT2D eigenvalue weighted by atomic mass is 32.1. The highest BCUT2D eigenvalue weighted by Gasteiger charge is 2.19. The number of aromatic nitrogens is 1. The molecule has 112 valence electrons. The van der Waals surface area contributed by atoms with Crippen molar-refractivity contribution in [2.24, 2.45) is 11.7 Å². The van der Waals surface area contributed by atoms with Crippen molar-refractivity contribution in [3.63, 3.8) is 0 Å². The van der Waals surface area contributed by atoms with Gasteiger partial charge in [-0.3, -0.25) is 4.79 Å². The van der Waals surface area contributed by atoms with Crippen molar-refractivity contribution in [2.45, 2.75) is 39.8 Å². The van der Waals surface area contributed by atoms with Gasteiger partial charge in [-0.2, -0.15) is 0 Å². The number of carbonyl (C=O) groups is 2. The van der Waals surface area contributed by atoms with Crippen molar-refractivity contribution in [1.82, 2.24) is 10.3 Å². The lowest BCUT2D eigenvalue weighted by Crippen LogP contribution is -2.44. The zero-order valence-corrected chi connectivity index (χ0v) is 12.8. The molecule has 6 nitrogen and oxygen atoms in total. The van der Waals surface area contributed by atoms with Crippen molar-refractivity contribution in [3.05, 3.63) is 16.1 Å². The Morgan fingerprint density at radius 1 is 1.50 bits per heavy atom. The molecule has 1 amide bonds. The zero-order chi connectivity index (χ0) is 15.1. The molecule has 0 saturated carbocycles. The van der Waals surface area contributed by atoms with Gasteiger partial charge in [0.2, 0.25) is 5.91 Å². The summed E-state index contributed by atoms with van der Waals surface area (Å²) in [6.45, 7) is 6.25. The van der Waals surface area contributed by atoms with E-state index in [1.807, 2.05) is 13.8 Å². The molecule has 1 aromatic heterocycles. The molecule has 0 bridgehead atoms. The van der Waals surface area contributed by atoms with Crippen LogP contribution in [0.25, 0.3) is 0 Å². The van der Waals surface area contributed by atoms with Gasteiger partial charge >= 0.3 is 5.97 Å². The van der Waals surface area contributed by atoms with Crippen LogP contribution in [-0.4, -0.2) is 29.5 Å². The minimum absolute atomic E-state index is 0.126. The van der Waals surface area contributed by atoms with Crippen LogP contribution < -0.4 is 11.1 Å². The van der Waals surface area contributed by atoms with Gasteiger partial charge in [0.15, 0.2) is 5.69 Å². The molecule has 0 aliphatic carbocycles. The van der Waals surface area contributed by atoms with Gasteiger partial charge in [-0.1, -0.05) is 20.3 Å². The van der Waals surface area contributed by atoms with Crippen LogP contribution in [0.5, 0.6) is 0 Å². The van der Waals surface area contributed by atoms with E-state index in [1.54, 1.807) is 12.3 Å². The number of rotatable bonds is 7. The molecule has 2 atom stereocenters. The maximum absolute atomic E-state index is 11.8. The number of nitrogens with one attached hydrogen (secondary N) is 1. The zero-order valence-electron chi connectivity index (χ0n) is 12.0. The fraction of sp³-hybridized carbons (Fsp3) is 0.615. The first-order valence-corrected chi connectivity index (χ1v) is 7.52. The van der Waals surface area contributed by atoms with Crippen LogP contribution in [0.3, 0.4) is 0 Å². The Morgan fingerprint density at radius 2 is 2.20 bits per heavy atom. The van der Waals surface area contributed by atoms with E-state index in [-0.39, 0.29) is 24.1 Å². The summed E-state index contributed by atoms with van der Waals surface area (Å²) in [6.07, 6.45) is 0.846. The first-order chi connectivity index (χ1) is 9.49. The summed E-state index contributed by atoms with van der Waals surface area (Å²) < 4.78 is 4.85. The first kappa shape index (κ1) is 16.6. The van der Waals surface area contributed by atoms with Crippen LogP contribution >= 0.6 is 11.3 Å². The Labute approximate surface area is 122 Å². The largest absolute Gasteiger partial charge is 0.461 e. The average Bonchev–Trinajstić information content (AvgIpc) is 2.92. The first-order valence-electron chi connectivity index (χ1n) is 6.64. The molecular formula is C13H21N3O3S. The fourth-order valence-corrected chi connectivity index (χ4v) is 2.19. The summed E-state index contributed by atoms with van der Waals surface area (Å²) >= 11 is 1.30. The minimum atomic E-state index is -0.524. The molecule has 20 heavy (non-hydrogen) atoms. The van der Waals surface area contributed by atoms with Gasteiger partial charge in [0.1, 0.15) is 5.01 Å². The van der Waals surface area contributed by atoms with Crippen LogP contribution in [0.1, 0.15) is 42.7 Å². The highest BCUT2D eigenvalue weighted by molar-refractivity contribution is 7.09. The SMILES string of the molecule is CCOC(=O)c1csc(CNC(=O)C(N)C(C)CC)n1. The molecule has 2 unspecified atom stereocenters. The number of hydrogen-bond acceptors (Lipinski definition) is 6. The maximum Gasteiger partial charge on any atom is 0.357 e. The molecule has 3 N–H and O–H groups in total. The number of ether oxygens (including phenoxy) is 1. The van der Waals surface area contributed by atoms with Gasteiger partial charge in [0.05, 0.1) is 19.2 Å². The number of nitrogens with two attached hydrogens (primary N) is 1. The lowest BCUT2D eigenvalue weighted by atomic mass is 9.99. The summed E-state index contributed by atoms with van der Waals surface area (Å²) in [5.74, 6) is -0.522. The Balaban J connectivity index is 2.50.